The van der Waals surface area contributed by atoms with Gasteiger partial charge in [0, 0.05) is 0 Å². The summed E-state index contributed by atoms with van der Waals surface area (Å²) in [4.78, 5) is 0. The molecule has 4 rings (SSSR count). The van der Waals surface area contributed by atoms with Crippen molar-refractivity contribution in [2.75, 3.05) is 0 Å². The second-order valence-corrected chi connectivity index (χ2v) is 7.19. The molecule has 0 atom stereocenters. The first-order chi connectivity index (χ1) is 12.8. The van der Waals surface area contributed by atoms with Gasteiger partial charge in [0.25, 0.3) is 0 Å². The number of unbranched alkanes of at least 4 members (excludes halogenated alkanes) is 2. The molecule has 4 aromatic rings. The molecule has 0 radical (unpaired) electrons. The third-order valence-electron chi connectivity index (χ3n) is 4.99. The van der Waals surface area contributed by atoms with Crippen molar-refractivity contribution in [1.82, 2.24) is 0 Å². The Bertz CT molecular complexity index is 781. The normalized spacial score (nSPS) is 9.72. The van der Waals surface area contributed by atoms with Gasteiger partial charge in [0.2, 0.25) is 0 Å². The fraction of sp³-hybridized carbons (Fsp3) is 0.286. The van der Waals surface area contributed by atoms with Crippen LogP contribution in [0.5, 0.6) is 0 Å². The minimum absolute atomic E-state index is 0. The molecule has 0 aliphatic rings. The molecule has 0 bridgehead atoms. The zero-order valence-corrected chi connectivity index (χ0v) is 22.3. The van der Waals surface area contributed by atoms with Gasteiger partial charge < -0.3 is 14.9 Å². The predicted molar refractivity (Wildman–Crippen MR) is 129 cm³/mol. The molecule has 0 spiro atoms. The molecule has 29 heavy (non-hydrogen) atoms. The summed E-state index contributed by atoms with van der Waals surface area (Å²) in [5, 5.41) is 5.53. The largest absolute Gasteiger partial charge is 4.00 e. The van der Waals surface area contributed by atoms with Crippen molar-refractivity contribution in [3.05, 3.63) is 98.8 Å². The average Bonchev–Trinajstić information content (AvgIpc) is 3.28. The van der Waals surface area contributed by atoms with Crippen LogP contribution in [0.3, 0.4) is 0 Å². The van der Waals surface area contributed by atoms with Gasteiger partial charge in [-0.15, -0.1) is 81.2 Å². The molecule has 4 aromatic carbocycles. The van der Waals surface area contributed by atoms with Gasteiger partial charge in [-0.1, -0.05) is 51.7 Å². The number of rotatable bonds is 6. The fourth-order valence-corrected chi connectivity index (χ4v) is 3.48. The number of fused-ring (bicyclic) bond motifs is 2. The van der Waals surface area contributed by atoms with Gasteiger partial charge in [0.1, 0.15) is 0 Å². The average molecular weight is 551 g/mol. The van der Waals surface area contributed by atoms with E-state index >= 15 is 0 Å². The molecule has 0 nitrogen and oxygen atoms in total. The first kappa shape index (κ1) is 27.5. The number of benzene rings is 2. The smallest absolute Gasteiger partial charge is 0.358 e. The van der Waals surface area contributed by atoms with E-state index in [1.165, 1.54) is 71.2 Å². The van der Waals surface area contributed by atoms with Crippen molar-refractivity contribution in [1.29, 1.82) is 0 Å². The molecule has 0 fully saturated rings. The maximum atomic E-state index is 2.31. The Morgan fingerprint density at radius 1 is 0.621 bits per heavy atom. The third kappa shape index (κ3) is 8.05. The standard InChI is InChI=1S/2C13H15.2CH3.Hf/c2*1-2-3-6-11-9-12-7-4-5-8-13(12)10-11;;;/h2*4-5,7-10H,2-3,6H2,1H3;2*1H3;/q4*-1;+4. The molecule has 0 heterocycles. The van der Waals surface area contributed by atoms with Gasteiger partial charge in [-0.2, -0.15) is 12.1 Å². The van der Waals surface area contributed by atoms with E-state index in [4.69, 9.17) is 0 Å². The Morgan fingerprint density at radius 2 is 1.00 bits per heavy atom. The molecule has 0 aliphatic carbocycles. The summed E-state index contributed by atoms with van der Waals surface area (Å²) in [5.41, 5.74) is 2.98. The second kappa shape index (κ2) is 14.5. The Labute approximate surface area is 197 Å². The first-order valence-corrected chi connectivity index (χ1v) is 10.1. The van der Waals surface area contributed by atoms with Crippen molar-refractivity contribution in [2.45, 2.75) is 52.4 Å². The van der Waals surface area contributed by atoms with Crippen LogP contribution in [0.2, 0.25) is 0 Å². The third-order valence-corrected chi connectivity index (χ3v) is 4.99. The molecule has 152 valence electrons. The van der Waals surface area contributed by atoms with E-state index in [0.717, 1.165) is 0 Å². The monoisotopic (exact) mass is 552 g/mol. The molecular weight excluding hydrogens is 515 g/mol. The van der Waals surface area contributed by atoms with Crippen LogP contribution in [-0.2, 0) is 38.7 Å². The van der Waals surface area contributed by atoms with Gasteiger partial charge >= 0.3 is 25.8 Å². The van der Waals surface area contributed by atoms with Crippen LogP contribution in [0.4, 0.5) is 0 Å². The van der Waals surface area contributed by atoms with Crippen LogP contribution >= 0.6 is 0 Å². The van der Waals surface area contributed by atoms with Crippen LogP contribution in [0.1, 0.15) is 50.7 Å². The summed E-state index contributed by atoms with van der Waals surface area (Å²) >= 11 is 0. The Kier molecular flexibility index (Phi) is 13.8. The minimum Gasteiger partial charge on any atom is -0.358 e. The van der Waals surface area contributed by atoms with Gasteiger partial charge in [-0.25, -0.2) is 0 Å². The van der Waals surface area contributed by atoms with Crippen LogP contribution in [0.15, 0.2) is 72.8 Å². The van der Waals surface area contributed by atoms with Gasteiger partial charge in [-0.05, 0) is 12.8 Å². The van der Waals surface area contributed by atoms with Crippen LogP contribution in [-0.4, -0.2) is 0 Å². The summed E-state index contributed by atoms with van der Waals surface area (Å²) in [5.74, 6) is 0. The Hall–Kier alpha value is -1.47. The topological polar surface area (TPSA) is 0 Å². The van der Waals surface area contributed by atoms with Crippen molar-refractivity contribution in [3.63, 3.8) is 0 Å². The second-order valence-electron chi connectivity index (χ2n) is 7.19. The summed E-state index contributed by atoms with van der Waals surface area (Å²) in [6, 6.07) is 26.4. The first-order valence-electron chi connectivity index (χ1n) is 10.1. The van der Waals surface area contributed by atoms with E-state index in [9.17, 15) is 0 Å². The summed E-state index contributed by atoms with van der Waals surface area (Å²) in [6.07, 6.45) is 7.62. The van der Waals surface area contributed by atoms with Gasteiger partial charge in [0.15, 0.2) is 0 Å². The van der Waals surface area contributed by atoms with Crippen molar-refractivity contribution in [2.24, 2.45) is 0 Å². The van der Waals surface area contributed by atoms with Gasteiger partial charge in [0.05, 0.1) is 0 Å². The quantitative estimate of drug-likeness (QED) is 0.166. The van der Waals surface area contributed by atoms with Crippen molar-refractivity contribution in [3.8, 4) is 0 Å². The van der Waals surface area contributed by atoms with Crippen molar-refractivity contribution >= 4 is 21.5 Å². The molecule has 0 saturated carbocycles. The van der Waals surface area contributed by atoms with E-state index in [-0.39, 0.29) is 40.7 Å². The molecule has 0 unspecified atom stereocenters. The van der Waals surface area contributed by atoms with Crippen LogP contribution in [0.25, 0.3) is 21.5 Å². The summed E-state index contributed by atoms with van der Waals surface area (Å²) in [6.45, 7) is 4.48. The Morgan fingerprint density at radius 3 is 1.34 bits per heavy atom. The van der Waals surface area contributed by atoms with E-state index < -0.39 is 0 Å². The molecule has 0 N–H and O–H groups in total. The SMILES string of the molecule is CCCCc1cc2ccccc2[cH-]1.CCCCc1cc2ccccc2[cH-]1.[CH3-].[CH3-].[Hf+4]. The zero-order valence-electron chi connectivity index (χ0n) is 18.7. The number of hydrogen-bond acceptors (Lipinski definition) is 0. The van der Waals surface area contributed by atoms with E-state index in [1.807, 2.05) is 0 Å². The van der Waals surface area contributed by atoms with E-state index in [2.05, 4.69) is 86.6 Å². The molecule has 0 saturated heterocycles. The predicted octanol–water partition coefficient (Wildman–Crippen LogP) is 8.70. The molecule has 0 amide bonds. The number of hydrogen-bond donors (Lipinski definition) is 0. The minimum atomic E-state index is 0. The summed E-state index contributed by atoms with van der Waals surface area (Å²) < 4.78 is 0. The maximum Gasteiger partial charge on any atom is 4.00 e. The Balaban J connectivity index is 0.000000490. The molecular formula is C28H36Hf. The van der Waals surface area contributed by atoms with Gasteiger partial charge in [-0.3, -0.25) is 0 Å². The van der Waals surface area contributed by atoms with E-state index in [0.29, 0.717) is 0 Å². The van der Waals surface area contributed by atoms with Crippen LogP contribution < -0.4 is 0 Å². The van der Waals surface area contributed by atoms with E-state index in [1.54, 1.807) is 0 Å². The molecule has 0 aromatic heterocycles. The summed E-state index contributed by atoms with van der Waals surface area (Å²) in [7, 11) is 0. The zero-order chi connectivity index (χ0) is 18.2. The number of aryl methyl sites for hydroxylation is 2. The van der Waals surface area contributed by atoms with Crippen molar-refractivity contribution < 1.29 is 25.8 Å². The molecule has 1 heteroatoms. The van der Waals surface area contributed by atoms with Crippen LogP contribution in [0, 0.1) is 14.9 Å². The maximum absolute atomic E-state index is 2.31. The fourth-order valence-electron chi connectivity index (χ4n) is 3.48. The molecule has 0 aliphatic heterocycles.